The minimum atomic E-state index is 0.447. The molecule has 1 fully saturated rings. The van der Waals surface area contributed by atoms with E-state index in [0.29, 0.717) is 11.5 Å². The molecule has 0 radical (unpaired) electrons. The molecule has 0 aromatic heterocycles. The molecule has 1 aliphatic rings. The summed E-state index contributed by atoms with van der Waals surface area (Å²) in [5, 5.41) is 0. The van der Waals surface area contributed by atoms with E-state index >= 15 is 0 Å². The van der Waals surface area contributed by atoms with Gasteiger partial charge in [-0.2, -0.15) is 0 Å². The van der Waals surface area contributed by atoms with Crippen LogP contribution in [-0.2, 0) is 0 Å². The number of rotatable bonds is 6. The van der Waals surface area contributed by atoms with Gasteiger partial charge in [0.05, 0.1) is 0 Å². The second-order valence-electron chi connectivity index (χ2n) is 5.51. The van der Waals surface area contributed by atoms with E-state index in [9.17, 15) is 0 Å². The largest absolute Gasteiger partial charge is 0.330 e. The molecule has 0 amide bonds. The molecule has 0 spiro atoms. The lowest BCUT2D eigenvalue weighted by Gasteiger charge is -2.49. The van der Waals surface area contributed by atoms with Crippen LogP contribution < -0.4 is 5.73 Å². The van der Waals surface area contributed by atoms with Gasteiger partial charge in [0, 0.05) is 18.6 Å². The van der Waals surface area contributed by atoms with Gasteiger partial charge in [0.1, 0.15) is 0 Å². The van der Waals surface area contributed by atoms with Gasteiger partial charge in [0.2, 0.25) is 0 Å². The molecule has 1 rings (SSSR count). The fourth-order valence-corrected chi connectivity index (χ4v) is 2.51. The number of hydrogen-bond donors (Lipinski definition) is 1. The summed E-state index contributed by atoms with van der Waals surface area (Å²) in [7, 11) is 6.63. The zero-order valence-electron chi connectivity index (χ0n) is 10.8. The van der Waals surface area contributed by atoms with Gasteiger partial charge < -0.3 is 15.5 Å². The minimum Gasteiger partial charge on any atom is -0.330 e. The van der Waals surface area contributed by atoms with Crippen molar-refractivity contribution in [1.82, 2.24) is 9.80 Å². The molecule has 0 aliphatic heterocycles. The molecular weight excluding hydrogens is 186 g/mol. The van der Waals surface area contributed by atoms with Crippen molar-refractivity contribution in [3.63, 3.8) is 0 Å². The van der Waals surface area contributed by atoms with Gasteiger partial charge >= 0.3 is 0 Å². The van der Waals surface area contributed by atoms with E-state index in [4.69, 9.17) is 5.73 Å². The van der Waals surface area contributed by atoms with Crippen LogP contribution in [0.25, 0.3) is 0 Å². The molecule has 1 aliphatic carbocycles. The van der Waals surface area contributed by atoms with Crippen LogP contribution in [0.4, 0.5) is 0 Å². The second-order valence-corrected chi connectivity index (χ2v) is 5.51. The van der Waals surface area contributed by atoms with Crippen molar-refractivity contribution in [2.24, 2.45) is 11.7 Å². The van der Waals surface area contributed by atoms with Crippen molar-refractivity contribution in [2.45, 2.75) is 31.7 Å². The normalized spacial score (nSPS) is 21.8. The van der Waals surface area contributed by atoms with E-state index in [1.165, 1.54) is 25.8 Å². The molecule has 2 N–H and O–H groups in total. The van der Waals surface area contributed by atoms with Gasteiger partial charge in [-0.25, -0.2) is 0 Å². The van der Waals surface area contributed by atoms with Gasteiger partial charge in [0.15, 0.2) is 0 Å². The summed E-state index contributed by atoms with van der Waals surface area (Å²) in [5.74, 6) is 0.606. The molecule has 1 atom stereocenters. The maximum Gasteiger partial charge on any atom is 0.0330 e. The minimum absolute atomic E-state index is 0.447. The predicted molar refractivity (Wildman–Crippen MR) is 66.0 cm³/mol. The third kappa shape index (κ3) is 3.16. The molecule has 0 aromatic rings. The summed E-state index contributed by atoms with van der Waals surface area (Å²) in [6, 6.07) is 0. The summed E-state index contributed by atoms with van der Waals surface area (Å²) in [6.07, 6.45) is 4.08. The fourth-order valence-electron chi connectivity index (χ4n) is 2.51. The summed E-state index contributed by atoms with van der Waals surface area (Å²) in [6.45, 7) is 5.31. The molecule has 15 heavy (non-hydrogen) atoms. The van der Waals surface area contributed by atoms with Crippen molar-refractivity contribution in [3.8, 4) is 0 Å². The smallest absolute Gasteiger partial charge is 0.0330 e. The highest BCUT2D eigenvalue weighted by atomic mass is 15.2. The molecule has 90 valence electrons. The monoisotopic (exact) mass is 213 g/mol. The average Bonchev–Trinajstić information content (AvgIpc) is 2.10. The van der Waals surface area contributed by atoms with Crippen LogP contribution in [0.3, 0.4) is 0 Å². The standard InChI is InChI=1S/C12H27N3/c1-11(8-13)9-15(4)10-12(14(2)3)6-5-7-12/h11H,5-10,13H2,1-4H3. The summed E-state index contributed by atoms with van der Waals surface area (Å²) in [5.41, 5.74) is 6.10. The second kappa shape index (κ2) is 5.28. The van der Waals surface area contributed by atoms with Crippen LogP contribution in [-0.4, -0.2) is 56.1 Å². The van der Waals surface area contributed by atoms with Crippen molar-refractivity contribution < 1.29 is 0 Å². The number of nitrogens with two attached hydrogens (primary N) is 1. The molecular formula is C12H27N3. The summed E-state index contributed by atoms with van der Waals surface area (Å²) in [4.78, 5) is 4.84. The number of likely N-dealkylation sites (N-methyl/N-ethyl adjacent to an activating group) is 2. The lowest BCUT2D eigenvalue weighted by molar-refractivity contribution is 0.0249. The lowest BCUT2D eigenvalue weighted by atomic mass is 9.75. The summed E-state index contributed by atoms with van der Waals surface area (Å²) >= 11 is 0. The van der Waals surface area contributed by atoms with E-state index in [0.717, 1.165) is 13.1 Å². The van der Waals surface area contributed by atoms with Crippen LogP contribution in [0, 0.1) is 5.92 Å². The van der Waals surface area contributed by atoms with Crippen molar-refractivity contribution in [1.29, 1.82) is 0 Å². The molecule has 0 bridgehead atoms. The van der Waals surface area contributed by atoms with Crippen LogP contribution in [0.5, 0.6) is 0 Å². The Kier molecular flexibility index (Phi) is 4.56. The van der Waals surface area contributed by atoms with Gasteiger partial charge in [-0.1, -0.05) is 6.92 Å². The maximum absolute atomic E-state index is 5.65. The van der Waals surface area contributed by atoms with Crippen LogP contribution in [0.1, 0.15) is 26.2 Å². The van der Waals surface area contributed by atoms with Crippen LogP contribution >= 0.6 is 0 Å². The van der Waals surface area contributed by atoms with Gasteiger partial charge in [0.25, 0.3) is 0 Å². The summed E-state index contributed by atoms with van der Waals surface area (Å²) < 4.78 is 0. The Morgan fingerprint density at radius 3 is 2.20 bits per heavy atom. The van der Waals surface area contributed by atoms with E-state index in [2.05, 4.69) is 37.9 Å². The quantitative estimate of drug-likeness (QED) is 0.714. The first-order valence-corrected chi connectivity index (χ1v) is 6.06. The van der Waals surface area contributed by atoms with Crippen LogP contribution in [0.15, 0.2) is 0 Å². The molecule has 0 saturated heterocycles. The Balaban J connectivity index is 2.38. The molecule has 0 aromatic carbocycles. The first-order valence-electron chi connectivity index (χ1n) is 6.06. The Morgan fingerprint density at radius 1 is 1.27 bits per heavy atom. The van der Waals surface area contributed by atoms with E-state index < -0.39 is 0 Å². The first-order chi connectivity index (χ1) is 7.00. The lowest BCUT2D eigenvalue weighted by Crippen LogP contribution is -2.57. The van der Waals surface area contributed by atoms with E-state index in [1.807, 2.05) is 0 Å². The molecule has 0 heterocycles. The first kappa shape index (κ1) is 12.9. The van der Waals surface area contributed by atoms with Crippen molar-refractivity contribution >= 4 is 0 Å². The topological polar surface area (TPSA) is 32.5 Å². The molecule has 3 heteroatoms. The highest BCUT2D eigenvalue weighted by Gasteiger charge is 2.39. The van der Waals surface area contributed by atoms with E-state index in [-0.39, 0.29) is 0 Å². The number of nitrogens with zero attached hydrogens (tertiary/aromatic N) is 2. The van der Waals surface area contributed by atoms with Gasteiger partial charge in [-0.15, -0.1) is 0 Å². The van der Waals surface area contributed by atoms with Crippen molar-refractivity contribution in [2.75, 3.05) is 40.8 Å². The molecule has 3 nitrogen and oxygen atoms in total. The highest BCUT2D eigenvalue weighted by molar-refractivity contribution is 4.97. The zero-order chi connectivity index (χ0) is 11.5. The molecule has 1 saturated carbocycles. The number of hydrogen-bond acceptors (Lipinski definition) is 3. The van der Waals surface area contributed by atoms with Gasteiger partial charge in [-0.05, 0) is 52.9 Å². The third-order valence-corrected chi connectivity index (χ3v) is 3.82. The maximum atomic E-state index is 5.65. The van der Waals surface area contributed by atoms with Crippen LogP contribution in [0.2, 0.25) is 0 Å². The Morgan fingerprint density at radius 2 is 1.87 bits per heavy atom. The average molecular weight is 213 g/mol. The Hall–Kier alpha value is -0.120. The van der Waals surface area contributed by atoms with E-state index in [1.54, 1.807) is 0 Å². The van der Waals surface area contributed by atoms with Crippen molar-refractivity contribution in [3.05, 3.63) is 0 Å². The Labute approximate surface area is 94.6 Å². The third-order valence-electron chi connectivity index (χ3n) is 3.82. The molecule has 1 unspecified atom stereocenters. The highest BCUT2D eigenvalue weighted by Crippen LogP contribution is 2.36. The zero-order valence-corrected chi connectivity index (χ0v) is 10.8. The predicted octanol–water partition coefficient (Wildman–Crippen LogP) is 0.997. The fraction of sp³-hybridized carbons (Fsp3) is 1.00. The SMILES string of the molecule is CC(CN)CN(C)CC1(N(C)C)CCC1. The van der Waals surface area contributed by atoms with Gasteiger partial charge in [-0.3, -0.25) is 0 Å². The Bertz CT molecular complexity index is 187.